The molecule has 0 amide bonds. The van der Waals surface area contributed by atoms with Gasteiger partial charge in [-0.3, -0.25) is 0 Å². The Morgan fingerprint density at radius 2 is 1.12 bits per heavy atom. The van der Waals surface area contributed by atoms with E-state index >= 15 is 0 Å². The van der Waals surface area contributed by atoms with E-state index in [9.17, 15) is 0 Å². The standard InChI is InChI=1S/C25H18O/c1-3-11-22(12-4-1)25(23-13-5-2-6-14-23)16-15-21-17-19-9-7-8-10-20(19)18-24(21)26-25/h1-18H. The predicted octanol–water partition coefficient (Wildman–Crippen LogP) is 6.19. The summed E-state index contributed by atoms with van der Waals surface area (Å²) in [6.07, 6.45) is 4.36. The number of rotatable bonds is 2. The summed E-state index contributed by atoms with van der Waals surface area (Å²) in [5.41, 5.74) is 2.76. The molecule has 1 heteroatoms. The molecule has 4 aromatic rings. The molecule has 1 aliphatic heterocycles. The second-order valence-electron chi connectivity index (χ2n) is 6.64. The molecule has 0 aromatic heterocycles. The predicted molar refractivity (Wildman–Crippen MR) is 107 cm³/mol. The third kappa shape index (κ3) is 2.33. The molecule has 1 heterocycles. The van der Waals surface area contributed by atoms with Crippen molar-refractivity contribution in [3.63, 3.8) is 0 Å². The van der Waals surface area contributed by atoms with Crippen molar-refractivity contribution in [1.82, 2.24) is 0 Å². The molecule has 1 aliphatic rings. The third-order valence-electron chi connectivity index (χ3n) is 5.05. The fourth-order valence-electron chi connectivity index (χ4n) is 3.72. The highest BCUT2D eigenvalue weighted by Crippen LogP contribution is 2.43. The van der Waals surface area contributed by atoms with Crippen molar-refractivity contribution >= 4 is 16.8 Å². The van der Waals surface area contributed by atoms with Crippen molar-refractivity contribution in [1.29, 1.82) is 0 Å². The van der Waals surface area contributed by atoms with E-state index in [1.165, 1.54) is 10.8 Å². The van der Waals surface area contributed by atoms with Gasteiger partial charge in [0.15, 0.2) is 5.60 Å². The van der Waals surface area contributed by atoms with Crippen molar-refractivity contribution in [3.05, 3.63) is 120 Å². The van der Waals surface area contributed by atoms with E-state index in [0.717, 1.165) is 22.4 Å². The Bertz CT molecular complexity index is 1060. The number of fused-ring (bicyclic) bond motifs is 2. The molecule has 0 bridgehead atoms. The largest absolute Gasteiger partial charge is 0.473 e. The van der Waals surface area contributed by atoms with Crippen molar-refractivity contribution < 1.29 is 4.74 Å². The number of ether oxygens (including phenoxy) is 1. The zero-order chi connectivity index (χ0) is 17.4. The van der Waals surface area contributed by atoms with Gasteiger partial charge in [0, 0.05) is 16.7 Å². The summed E-state index contributed by atoms with van der Waals surface area (Å²) in [6.45, 7) is 0. The molecule has 1 nitrogen and oxygen atoms in total. The van der Waals surface area contributed by atoms with Crippen LogP contribution < -0.4 is 4.74 Å². The molecule has 0 fully saturated rings. The smallest absolute Gasteiger partial charge is 0.178 e. The first-order chi connectivity index (χ1) is 12.9. The molecule has 0 atom stereocenters. The first-order valence-electron chi connectivity index (χ1n) is 8.87. The monoisotopic (exact) mass is 334 g/mol. The van der Waals surface area contributed by atoms with E-state index in [-0.39, 0.29) is 0 Å². The molecule has 4 aromatic carbocycles. The molecule has 26 heavy (non-hydrogen) atoms. The lowest BCUT2D eigenvalue weighted by Gasteiger charge is -2.36. The summed E-state index contributed by atoms with van der Waals surface area (Å²) in [5.74, 6) is 0.916. The minimum absolute atomic E-state index is 0.613. The average Bonchev–Trinajstić information content (AvgIpc) is 2.73. The molecule has 0 radical (unpaired) electrons. The lowest BCUT2D eigenvalue weighted by Crippen LogP contribution is -2.34. The Kier molecular flexibility index (Phi) is 3.39. The van der Waals surface area contributed by atoms with Crippen LogP contribution in [0, 0.1) is 0 Å². The van der Waals surface area contributed by atoms with Gasteiger partial charge in [-0.1, -0.05) is 91.0 Å². The normalized spacial score (nSPS) is 14.6. The number of hydrogen-bond donors (Lipinski definition) is 0. The van der Waals surface area contributed by atoms with Crippen LogP contribution in [0.2, 0.25) is 0 Å². The maximum absolute atomic E-state index is 6.71. The third-order valence-corrected chi connectivity index (χ3v) is 5.05. The van der Waals surface area contributed by atoms with Crippen LogP contribution in [-0.4, -0.2) is 0 Å². The second kappa shape index (κ2) is 5.89. The Hall–Kier alpha value is -3.32. The molecular formula is C25H18O. The first kappa shape index (κ1) is 15.0. The zero-order valence-corrected chi connectivity index (χ0v) is 14.3. The van der Waals surface area contributed by atoms with E-state index in [4.69, 9.17) is 4.74 Å². The van der Waals surface area contributed by atoms with Crippen LogP contribution in [0.5, 0.6) is 5.75 Å². The van der Waals surface area contributed by atoms with Crippen LogP contribution in [0.4, 0.5) is 0 Å². The number of benzene rings is 4. The topological polar surface area (TPSA) is 9.23 Å². The van der Waals surface area contributed by atoms with Gasteiger partial charge in [0.2, 0.25) is 0 Å². The molecule has 5 rings (SSSR count). The highest BCUT2D eigenvalue weighted by Gasteiger charge is 2.36. The van der Waals surface area contributed by atoms with Crippen molar-refractivity contribution in [2.24, 2.45) is 0 Å². The average molecular weight is 334 g/mol. The summed E-state index contributed by atoms with van der Waals surface area (Å²) in [6, 6.07) is 33.6. The van der Waals surface area contributed by atoms with Gasteiger partial charge in [0.1, 0.15) is 5.75 Å². The maximum Gasteiger partial charge on any atom is 0.178 e. The van der Waals surface area contributed by atoms with Crippen molar-refractivity contribution in [2.75, 3.05) is 0 Å². The van der Waals surface area contributed by atoms with Crippen LogP contribution in [0.1, 0.15) is 16.7 Å². The summed E-state index contributed by atoms with van der Waals surface area (Å²) in [7, 11) is 0. The van der Waals surface area contributed by atoms with E-state index in [1.54, 1.807) is 0 Å². The molecule has 0 saturated heterocycles. The van der Waals surface area contributed by atoms with E-state index in [2.05, 4.69) is 97.1 Å². The lowest BCUT2D eigenvalue weighted by atomic mass is 9.83. The maximum atomic E-state index is 6.71. The summed E-state index contributed by atoms with van der Waals surface area (Å²) >= 11 is 0. The lowest BCUT2D eigenvalue weighted by molar-refractivity contribution is 0.161. The quantitative estimate of drug-likeness (QED) is 0.425. The zero-order valence-electron chi connectivity index (χ0n) is 14.3. The minimum atomic E-state index is -0.613. The fourth-order valence-corrected chi connectivity index (χ4v) is 3.72. The molecule has 124 valence electrons. The summed E-state index contributed by atoms with van der Waals surface area (Å²) < 4.78 is 6.71. The van der Waals surface area contributed by atoms with E-state index in [1.807, 2.05) is 12.1 Å². The van der Waals surface area contributed by atoms with Crippen LogP contribution in [-0.2, 0) is 5.60 Å². The van der Waals surface area contributed by atoms with E-state index in [0.29, 0.717) is 0 Å². The van der Waals surface area contributed by atoms with Gasteiger partial charge in [0.25, 0.3) is 0 Å². The first-order valence-corrected chi connectivity index (χ1v) is 8.87. The Morgan fingerprint density at radius 1 is 0.577 bits per heavy atom. The molecule has 0 saturated carbocycles. The molecule has 0 unspecified atom stereocenters. The Labute approximate surface area is 153 Å². The van der Waals surface area contributed by atoms with Crippen LogP contribution >= 0.6 is 0 Å². The van der Waals surface area contributed by atoms with Gasteiger partial charge in [-0.25, -0.2) is 0 Å². The Balaban J connectivity index is 1.73. The Morgan fingerprint density at radius 3 is 1.73 bits per heavy atom. The van der Waals surface area contributed by atoms with Gasteiger partial charge in [0.05, 0.1) is 0 Å². The highest BCUT2D eigenvalue weighted by molar-refractivity contribution is 5.88. The van der Waals surface area contributed by atoms with Gasteiger partial charge < -0.3 is 4.74 Å². The molecule has 0 aliphatic carbocycles. The van der Waals surface area contributed by atoms with Gasteiger partial charge in [-0.05, 0) is 29.0 Å². The summed E-state index contributed by atoms with van der Waals surface area (Å²) in [5, 5.41) is 2.42. The van der Waals surface area contributed by atoms with Gasteiger partial charge >= 0.3 is 0 Å². The van der Waals surface area contributed by atoms with Crippen LogP contribution in [0.15, 0.2) is 103 Å². The van der Waals surface area contributed by atoms with E-state index < -0.39 is 5.60 Å². The SMILES string of the molecule is C1=CC(c2ccccc2)(c2ccccc2)Oc2cc3ccccc3cc21. The van der Waals surface area contributed by atoms with Gasteiger partial charge in [-0.2, -0.15) is 0 Å². The number of hydrogen-bond acceptors (Lipinski definition) is 1. The molecule has 0 N–H and O–H groups in total. The summed E-state index contributed by atoms with van der Waals surface area (Å²) in [4.78, 5) is 0. The van der Waals surface area contributed by atoms with Crippen LogP contribution in [0.25, 0.3) is 16.8 Å². The van der Waals surface area contributed by atoms with Gasteiger partial charge in [-0.15, -0.1) is 0 Å². The minimum Gasteiger partial charge on any atom is -0.473 e. The van der Waals surface area contributed by atoms with Crippen molar-refractivity contribution in [3.8, 4) is 5.75 Å². The molecule has 0 spiro atoms. The van der Waals surface area contributed by atoms with Crippen LogP contribution in [0.3, 0.4) is 0 Å². The van der Waals surface area contributed by atoms with Crippen molar-refractivity contribution in [2.45, 2.75) is 5.60 Å². The second-order valence-corrected chi connectivity index (χ2v) is 6.64. The fraction of sp³-hybridized carbons (Fsp3) is 0.0400. The highest BCUT2D eigenvalue weighted by atomic mass is 16.5. The molecular weight excluding hydrogens is 316 g/mol.